The van der Waals surface area contributed by atoms with E-state index in [2.05, 4.69) is 9.44 Å². The monoisotopic (exact) mass is 371 g/mol. The number of nitrogens with one attached hydrogen (secondary N) is 2. The van der Waals surface area contributed by atoms with E-state index >= 15 is 0 Å². The molecule has 0 saturated carbocycles. The molecule has 0 aliphatic heterocycles. The van der Waals surface area contributed by atoms with Crippen LogP contribution in [0.25, 0.3) is 0 Å². The molecule has 11 heteroatoms. The zero-order chi connectivity index (χ0) is 16.3. The van der Waals surface area contributed by atoms with E-state index in [1.807, 2.05) is 0 Å². The molecule has 0 aliphatic carbocycles. The Labute approximate surface area is 134 Å². The molecule has 1 rings (SSSR count). The van der Waals surface area contributed by atoms with Crippen LogP contribution < -0.4 is 15.2 Å². The second-order valence-corrected chi connectivity index (χ2v) is 8.56. The molecule has 0 atom stereocenters. The highest BCUT2D eigenvalue weighted by Gasteiger charge is 2.19. The minimum Gasteiger partial charge on any atom is -0.389 e. The fourth-order valence-electron chi connectivity index (χ4n) is 1.35. The van der Waals surface area contributed by atoms with Gasteiger partial charge < -0.3 is 5.73 Å². The molecule has 0 bridgehead atoms. The lowest BCUT2D eigenvalue weighted by Crippen LogP contribution is -2.33. The average molecular weight is 372 g/mol. The summed E-state index contributed by atoms with van der Waals surface area (Å²) >= 11 is 10.6. The standard InChI is InChI=1S/C10H14ClN3O4S3/c1-13-20(15,16)5-4-14-21(17,18)9-6-7(10(12)19)2-3-8(9)11/h2-3,6,13-14H,4-5H2,1H3,(H2,12,19). The van der Waals surface area contributed by atoms with Crippen LogP contribution in [-0.4, -0.2) is 41.2 Å². The van der Waals surface area contributed by atoms with Gasteiger partial charge in [0.2, 0.25) is 20.0 Å². The molecule has 0 aliphatic rings. The van der Waals surface area contributed by atoms with Crippen molar-refractivity contribution in [3.63, 3.8) is 0 Å². The van der Waals surface area contributed by atoms with Crippen LogP contribution in [0.2, 0.25) is 5.02 Å². The smallest absolute Gasteiger partial charge is 0.242 e. The highest BCUT2D eigenvalue weighted by molar-refractivity contribution is 7.90. The number of thiocarbonyl (C=S) groups is 1. The molecule has 0 heterocycles. The molecule has 0 saturated heterocycles. The molecule has 0 spiro atoms. The van der Waals surface area contributed by atoms with Gasteiger partial charge in [-0.25, -0.2) is 26.3 Å². The predicted molar refractivity (Wildman–Crippen MR) is 85.4 cm³/mol. The van der Waals surface area contributed by atoms with Crippen molar-refractivity contribution in [1.29, 1.82) is 0 Å². The minimum absolute atomic E-state index is 0.0148. The van der Waals surface area contributed by atoms with Crippen molar-refractivity contribution < 1.29 is 16.8 Å². The lowest BCUT2D eigenvalue weighted by atomic mass is 10.2. The van der Waals surface area contributed by atoms with Gasteiger partial charge in [-0.05, 0) is 19.2 Å². The number of sulfonamides is 2. The molecule has 0 amide bonds. The van der Waals surface area contributed by atoms with Crippen LogP contribution in [0.1, 0.15) is 5.56 Å². The van der Waals surface area contributed by atoms with Gasteiger partial charge in [-0.15, -0.1) is 0 Å². The summed E-state index contributed by atoms with van der Waals surface area (Å²) in [6.07, 6.45) is 0. The quantitative estimate of drug-likeness (QED) is 0.571. The van der Waals surface area contributed by atoms with E-state index in [4.69, 9.17) is 29.6 Å². The lowest BCUT2D eigenvalue weighted by molar-refractivity contribution is 0.578. The zero-order valence-electron chi connectivity index (χ0n) is 11.0. The van der Waals surface area contributed by atoms with Crippen molar-refractivity contribution in [3.8, 4) is 0 Å². The Hall–Kier alpha value is -0.780. The molecule has 4 N–H and O–H groups in total. The second kappa shape index (κ2) is 6.99. The van der Waals surface area contributed by atoms with Crippen LogP contribution in [0.5, 0.6) is 0 Å². The Kier molecular flexibility index (Phi) is 6.08. The van der Waals surface area contributed by atoms with E-state index in [0.29, 0.717) is 5.56 Å². The number of nitrogens with two attached hydrogens (primary N) is 1. The van der Waals surface area contributed by atoms with Gasteiger partial charge in [-0.2, -0.15) is 0 Å². The Morgan fingerprint density at radius 3 is 2.48 bits per heavy atom. The normalized spacial score (nSPS) is 12.3. The van der Waals surface area contributed by atoms with E-state index < -0.39 is 25.8 Å². The van der Waals surface area contributed by atoms with E-state index in [-0.39, 0.29) is 21.5 Å². The summed E-state index contributed by atoms with van der Waals surface area (Å²) < 4.78 is 50.9. The summed E-state index contributed by atoms with van der Waals surface area (Å²) in [7, 11) is -6.23. The Balaban J connectivity index is 2.98. The second-order valence-electron chi connectivity index (χ2n) is 3.93. The minimum atomic E-state index is -3.97. The average Bonchev–Trinajstić information content (AvgIpc) is 2.38. The fraction of sp³-hybridized carbons (Fsp3) is 0.300. The van der Waals surface area contributed by atoms with Gasteiger partial charge in [0.05, 0.1) is 10.8 Å². The van der Waals surface area contributed by atoms with Gasteiger partial charge in [0, 0.05) is 12.1 Å². The van der Waals surface area contributed by atoms with Gasteiger partial charge in [-0.1, -0.05) is 29.9 Å². The van der Waals surface area contributed by atoms with Crippen LogP contribution in [0.15, 0.2) is 23.1 Å². The van der Waals surface area contributed by atoms with Gasteiger partial charge in [0.15, 0.2) is 0 Å². The maximum Gasteiger partial charge on any atom is 0.242 e. The molecular weight excluding hydrogens is 358 g/mol. The topological polar surface area (TPSA) is 118 Å². The molecule has 1 aromatic carbocycles. The van der Waals surface area contributed by atoms with Crippen LogP contribution in [0, 0.1) is 0 Å². The van der Waals surface area contributed by atoms with Crippen LogP contribution in [0.4, 0.5) is 0 Å². The van der Waals surface area contributed by atoms with E-state index in [1.165, 1.54) is 25.2 Å². The van der Waals surface area contributed by atoms with Gasteiger partial charge >= 0.3 is 0 Å². The fourth-order valence-corrected chi connectivity index (χ4v) is 3.74. The molecule has 0 radical (unpaired) electrons. The van der Waals surface area contributed by atoms with Crippen molar-refractivity contribution in [1.82, 2.24) is 9.44 Å². The Morgan fingerprint density at radius 2 is 1.95 bits per heavy atom. The third-order valence-corrected chi connectivity index (χ3v) is 6.02. The zero-order valence-corrected chi connectivity index (χ0v) is 14.2. The highest BCUT2D eigenvalue weighted by Crippen LogP contribution is 2.22. The van der Waals surface area contributed by atoms with Gasteiger partial charge in [-0.3, -0.25) is 0 Å². The summed E-state index contributed by atoms with van der Waals surface area (Å²) in [6, 6.07) is 4.09. The first-order valence-corrected chi connectivity index (χ1v) is 9.51. The third-order valence-electron chi connectivity index (χ3n) is 2.48. The molecule has 0 unspecified atom stereocenters. The summed E-state index contributed by atoms with van der Waals surface area (Å²) in [6.45, 7) is -0.293. The SMILES string of the molecule is CNS(=O)(=O)CCNS(=O)(=O)c1cc(C(N)=S)ccc1Cl. The summed E-state index contributed by atoms with van der Waals surface area (Å²) in [4.78, 5) is -0.183. The molecule has 118 valence electrons. The van der Waals surface area contributed by atoms with Crippen molar-refractivity contribution in [2.24, 2.45) is 5.73 Å². The van der Waals surface area contributed by atoms with Crippen LogP contribution in [0.3, 0.4) is 0 Å². The summed E-state index contributed by atoms with van der Waals surface area (Å²) in [5.41, 5.74) is 5.78. The summed E-state index contributed by atoms with van der Waals surface area (Å²) in [5, 5.41) is -0.0148. The first-order chi connectivity index (χ1) is 9.59. The first kappa shape index (κ1) is 18.3. The van der Waals surface area contributed by atoms with Crippen molar-refractivity contribution in [3.05, 3.63) is 28.8 Å². The molecule has 0 aromatic heterocycles. The molecule has 0 fully saturated rings. The predicted octanol–water partition coefficient (Wildman–Crippen LogP) is -0.198. The van der Waals surface area contributed by atoms with Gasteiger partial charge in [0.25, 0.3) is 0 Å². The van der Waals surface area contributed by atoms with Crippen molar-refractivity contribution in [2.75, 3.05) is 19.3 Å². The summed E-state index contributed by atoms with van der Waals surface area (Å²) in [5.74, 6) is -0.394. The largest absolute Gasteiger partial charge is 0.389 e. The number of benzene rings is 1. The van der Waals surface area contributed by atoms with Crippen molar-refractivity contribution >= 4 is 48.9 Å². The lowest BCUT2D eigenvalue weighted by Gasteiger charge is -2.10. The Morgan fingerprint density at radius 1 is 1.33 bits per heavy atom. The highest BCUT2D eigenvalue weighted by atomic mass is 35.5. The van der Waals surface area contributed by atoms with E-state index in [1.54, 1.807) is 0 Å². The van der Waals surface area contributed by atoms with E-state index in [9.17, 15) is 16.8 Å². The molecule has 1 aromatic rings. The number of hydrogen-bond donors (Lipinski definition) is 3. The van der Waals surface area contributed by atoms with E-state index in [0.717, 1.165) is 0 Å². The molecular formula is C10H14ClN3O4S3. The number of rotatable bonds is 7. The molecule has 7 nitrogen and oxygen atoms in total. The molecule has 21 heavy (non-hydrogen) atoms. The maximum absolute atomic E-state index is 12.1. The first-order valence-electron chi connectivity index (χ1n) is 5.59. The van der Waals surface area contributed by atoms with Crippen LogP contribution in [-0.2, 0) is 20.0 Å². The number of hydrogen-bond acceptors (Lipinski definition) is 5. The third kappa shape index (κ3) is 5.16. The van der Waals surface area contributed by atoms with Crippen LogP contribution >= 0.6 is 23.8 Å². The Bertz CT molecular complexity index is 747. The maximum atomic E-state index is 12.1. The number of halogens is 1. The van der Waals surface area contributed by atoms with Crippen molar-refractivity contribution in [2.45, 2.75) is 4.90 Å². The van der Waals surface area contributed by atoms with Gasteiger partial charge in [0.1, 0.15) is 9.88 Å².